The van der Waals surface area contributed by atoms with Crippen LogP contribution in [0, 0.1) is 0 Å². The molecule has 1 aromatic carbocycles. The Balaban J connectivity index is 2.27. The maximum Gasteiger partial charge on any atom is 0.124 e. The fourth-order valence-corrected chi connectivity index (χ4v) is 2.75. The fraction of sp³-hybridized carbons (Fsp3) is 0.625. The number of aliphatic hydroxyl groups is 1. The van der Waals surface area contributed by atoms with Crippen LogP contribution < -0.4 is 10.1 Å². The molecule has 0 bridgehead atoms. The molecule has 0 amide bonds. The number of nitrogens with zero attached hydrogens (tertiary/aromatic N) is 1. The first-order valence-electron chi connectivity index (χ1n) is 7.47. The molecule has 20 heavy (non-hydrogen) atoms. The van der Waals surface area contributed by atoms with Crippen LogP contribution in [0.15, 0.2) is 12.1 Å². The van der Waals surface area contributed by atoms with Gasteiger partial charge in [-0.1, -0.05) is 6.07 Å². The third kappa shape index (κ3) is 3.32. The molecule has 0 aliphatic carbocycles. The van der Waals surface area contributed by atoms with Crippen LogP contribution in [0.2, 0.25) is 0 Å². The number of fused-ring (bicyclic) bond motifs is 1. The summed E-state index contributed by atoms with van der Waals surface area (Å²) in [7, 11) is 2.17. The van der Waals surface area contributed by atoms with E-state index >= 15 is 0 Å². The average molecular weight is 278 g/mol. The first-order chi connectivity index (χ1) is 9.67. The van der Waals surface area contributed by atoms with Gasteiger partial charge in [0.25, 0.3) is 0 Å². The molecule has 1 unspecified atom stereocenters. The maximum absolute atomic E-state index is 8.87. The SMILES string of the molecule is CCOc1cc2c(cc1CNCCO)CCN(C)C2C. The smallest absolute Gasteiger partial charge is 0.124 e. The van der Waals surface area contributed by atoms with Crippen LogP contribution in [-0.2, 0) is 13.0 Å². The molecule has 0 radical (unpaired) electrons. The van der Waals surface area contributed by atoms with E-state index in [2.05, 4.69) is 36.3 Å². The summed E-state index contributed by atoms with van der Waals surface area (Å²) in [5, 5.41) is 12.1. The third-order valence-electron chi connectivity index (χ3n) is 4.07. The van der Waals surface area contributed by atoms with Crippen LogP contribution in [-0.4, -0.2) is 43.4 Å². The zero-order valence-electron chi connectivity index (χ0n) is 12.8. The molecule has 1 heterocycles. The van der Waals surface area contributed by atoms with Crippen molar-refractivity contribution in [1.82, 2.24) is 10.2 Å². The molecule has 0 aromatic heterocycles. The third-order valence-corrected chi connectivity index (χ3v) is 4.07. The quantitative estimate of drug-likeness (QED) is 0.778. The highest BCUT2D eigenvalue weighted by atomic mass is 16.5. The zero-order chi connectivity index (χ0) is 14.5. The molecule has 2 N–H and O–H groups in total. The highest BCUT2D eigenvalue weighted by Crippen LogP contribution is 2.33. The number of hydrogen-bond donors (Lipinski definition) is 2. The number of hydrogen-bond acceptors (Lipinski definition) is 4. The van der Waals surface area contributed by atoms with Crippen LogP contribution >= 0.6 is 0 Å². The topological polar surface area (TPSA) is 44.7 Å². The Hall–Kier alpha value is -1.10. The van der Waals surface area contributed by atoms with Crippen molar-refractivity contribution in [3.8, 4) is 5.75 Å². The van der Waals surface area contributed by atoms with Gasteiger partial charge >= 0.3 is 0 Å². The van der Waals surface area contributed by atoms with Crippen molar-refractivity contribution in [2.45, 2.75) is 32.9 Å². The second-order valence-corrected chi connectivity index (χ2v) is 5.40. The minimum Gasteiger partial charge on any atom is -0.494 e. The monoisotopic (exact) mass is 278 g/mol. The fourth-order valence-electron chi connectivity index (χ4n) is 2.75. The highest BCUT2D eigenvalue weighted by molar-refractivity contribution is 5.45. The van der Waals surface area contributed by atoms with Gasteiger partial charge in [0.2, 0.25) is 0 Å². The van der Waals surface area contributed by atoms with Crippen molar-refractivity contribution in [3.63, 3.8) is 0 Å². The van der Waals surface area contributed by atoms with Crippen LogP contribution in [0.1, 0.15) is 36.6 Å². The highest BCUT2D eigenvalue weighted by Gasteiger charge is 2.22. The number of rotatable bonds is 6. The van der Waals surface area contributed by atoms with E-state index in [4.69, 9.17) is 9.84 Å². The van der Waals surface area contributed by atoms with E-state index in [0.29, 0.717) is 19.2 Å². The summed E-state index contributed by atoms with van der Waals surface area (Å²) in [4.78, 5) is 2.38. The summed E-state index contributed by atoms with van der Waals surface area (Å²) in [6, 6.07) is 4.92. The van der Waals surface area contributed by atoms with Crippen LogP contribution in [0.4, 0.5) is 0 Å². The predicted molar refractivity (Wildman–Crippen MR) is 81.2 cm³/mol. The average Bonchev–Trinajstić information content (AvgIpc) is 2.45. The van der Waals surface area contributed by atoms with Crippen molar-refractivity contribution < 1.29 is 9.84 Å². The molecule has 1 aliphatic heterocycles. The van der Waals surface area contributed by atoms with Gasteiger partial charge in [-0.05, 0) is 44.5 Å². The van der Waals surface area contributed by atoms with Gasteiger partial charge in [0.1, 0.15) is 5.75 Å². The van der Waals surface area contributed by atoms with Gasteiger partial charge in [0, 0.05) is 31.2 Å². The molecule has 1 aliphatic rings. The van der Waals surface area contributed by atoms with Crippen molar-refractivity contribution in [1.29, 1.82) is 0 Å². The van der Waals surface area contributed by atoms with Crippen LogP contribution in [0.25, 0.3) is 0 Å². The number of ether oxygens (including phenoxy) is 1. The summed E-state index contributed by atoms with van der Waals surface area (Å²) in [6.07, 6.45) is 1.09. The molecule has 4 heteroatoms. The van der Waals surface area contributed by atoms with Crippen molar-refractivity contribution in [2.75, 3.05) is 33.4 Å². The molecule has 0 saturated carbocycles. The Morgan fingerprint density at radius 3 is 2.95 bits per heavy atom. The molecule has 0 fully saturated rings. The Morgan fingerprint density at radius 2 is 2.25 bits per heavy atom. The first kappa shape index (κ1) is 15.3. The van der Waals surface area contributed by atoms with Crippen molar-refractivity contribution in [3.05, 3.63) is 28.8 Å². The summed E-state index contributed by atoms with van der Waals surface area (Å²) in [6.45, 7) is 7.56. The number of aliphatic hydroxyl groups excluding tert-OH is 1. The number of likely N-dealkylation sites (N-methyl/N-ethyl adjacent to an activating group) is 1. The maximum atomic E-state index is 8.87. The lowest BCUT2D eigenvalue weighted by molar-refractivity contribution is 0.246. The summed E-state index contributed by atoms with van der Waals surface area (Å²) >= 11 is 0. The van der Waals surface area contributed by atoms with Crippen molar-refractivity contribution in [2.24, 2.45) is 0 Å². The van der Waals surface area contributed by atoms with Gasteiger partial charge in [0.15, 0.2) is 0 Å². The molecule has 1 aromatic rings. The second-order valence-electron chi connectivity index (χ2n) is 5.40. The van der Waals surface area contributed by atoms with Gasteiger partial charge in [-0.25, -0.2) is 0 Å². The number of benzene rings is 1. The molecular weight excluding hydrogens is 252 g/mol. The molecule has 4 nitrogen and oxygen atoms in total. The van der Waals surface area contributed by atoms with E-state index in [9.17, 15) is 0 Å². The lowest BCUT2D eigenvalue weighted by atomic mass is 9.91. The second kappa shape index (κ2) is 7.07. The Morgan fingerprint density at radius 1 is 1.45 bits per heavy atom. The van der Waals surface area contributed by atoms with E-state index in [0.717, 1.165) is 25.3 Å². The summed E-state index contributed by atoms with van der Waals surface area (Å²) in [5.41, 5.74) is 4.00. The lowest BCUT2D eigenvalue weighted by Gasteiger charge is -2.33. The van der Waals surface area contributed by atoms with E-state index in [-0.39, 0.29) is 6.61 Å². The van der Waals surface area contributed by atoms with Gasteiger partial charge < -0.3 is 15.2 Å². The summed E-state index contributed by atoms with van der Waals surface area (Å²) < 4.78 is 5.80. The Kier molecular flexibility index (Phi) is 5.40. The molecule has 112 valence electrons. The largest absolute Gasteiger partial charge is 0.494 e. The lowest BCUT2D eigenvalue weighted by Crippen LogP contribution is -2.30. The van der Waals surface area contributed by atoms with E-state index in [1.807, 2.05) is 6.92 Å². The van der Waals surface area contributed by atoms with E-state index in [1.54, 1.807) is 0 Å². The Labute approximate surface area is 121 Å². The number of nitrogens with one attached hydrogen (secondary N) is 1. The van der Waals surface area contributed by atoms with Crippen molar-refractivity contribution >= 4 is 0 Å². The van der Waals surface area contributed by atoms with Crippen LogP contribution in [0.3, 0.4) is 0 Å². The van der Waals surface area contributed by atoms with Crippen LogP contribution in [0.5, 0.6) is 5.75 Å². The predicted octanol–water partition coefficient (Wildman–Crippen LogP) is 1.72. The summed E-state index contributed by atoms with van der Waals surface area (Å²) in [5.74, 6) is 0.971. The zero-order valence-corrected chi connectivity index (χ0v) is 12.8. The first-order valence-corrected chi connectivity index (χ1v) is 7.47. The van der Waals surface area contributed by atoms with Gasteiger partial charge in [-0.3, -0.25) is 4.90 Å². The van der Waals surface area contributed by atoms with Gasteiger partial charge in [-0.2, -0.15) is 0 Å². The van der Waals surface area contributed by atoms with E-state index < -0.39 is 0 Å². The molecular formula is C16H26N2O2. The Bertz CT molecular complexity index is 448. The molecule has 0 saturated heterocycles. The standard InChI is InChI=1S/C16H26N2O2/c1-4-20-16-10-15-12(2)18(3)7-5-13(15)9-14(16)11-17-6-8-19/h9-10,12,17,19H,4-8,11H2,1-3H3. The molecule has 1 atom stereocenters. The van der Waals surface area contributed by atoms with Gasteiger partial charge in [0.05, 0.1) is 13.2 Å². The minimum atomic E-state index is 0.163. The minimum absolute atomic E-state index is 0.163. The van der Waals surface area contributed by atoms with Gasteiger partial charge in [-0.15, -0.1) is 0 Å². The normalized spacial score (nSPS) is 18.9. The molecule has 2 rings (SSSR count). The van der Waals surface area contributed by atoms with E-state index in [1.165, 1.54) is 16.7 Å². The molecule has 0 spiro atoms.